The summed E-state index contributed by atoms with van der Waals surface area (Å²) in [4.78, 5) is 15.9. The third-order valence-corrected chi connectivity index (χ3v) is 4.96. The van der Waals surface area contributed by atoms with Gasteiger partial charge in [0, 0.05) is 35.1 Å². The molecular weight excluding hydrogens is 371 g/mol. The molecule has 1 aliphatic rings. The van der Waals surface area contributed by atoms with Gasteiger partial charge in [0.15, 0.2) is 5.65 Å². The summed E-state index contributed by atoms with van der Waals surface area (Å²) in [6.07, 6.45) is 4.89. The zero-order chi connectivity index (χ0) is 19.5. The number of hydrogen-bond acceptors (Lipinski definition) is 5. The van der Waals surface area contributed by atoms with E-state index in [-0.39, 0.29) is 5.95 Å². The molecule has 7 nitrogen and oxygen atoms in total. The van der Waals surface area contributed by atoms with E-state index in [9.17, 15) is 13.2 Å². The van der Waals surface area contributed by atoms with Crippen LogP contribution in [0.4, 0.5) is 19.1 Å². The Morgan fingerprint density at radius 1 is 1.25 bits per heavy atom. The summed E-state index contributed by atoms with van der Waals surface area (Å²) in [5, 5.41) is 7.31. The lowest BCUT2D eigenvalue weighted by Crippen LogP contribution is -2.33. The molecule has 4 aromatic rings. The Hall–Kier alpha value is -3.17. The van der Waals surface area contributed by atoms with Gasteiger partial charge in [0.2, 0.25) is 5.95 Å². The molecule has 1 atom stereocenters. The predicted octanol–water partition coefficient (Wildman–Crippen LogP) is 3.91. The minimum Gasteiger partial charge on any atom is -0.345 e. The van der Waals surface area contributed by atoms with Gasteiger partial charge >= 0.3 is 6.18 Å². The molecule has 1 aliphatic carbocycles. The van der Waals surface area contributed by atoms with Crippen molar-refractivity contribution in [1.82, 2.24) is 29.5 Å². The fraction of sp³-hybridized carbons (Fsp3) is 0.333. The number of alkyl halides is 3. The second-order valence-electron chi connectivity index (χ2n) is 7.02. The third-order valence-electron chi connectivity index (χ3n) is 4.96. The molecule has 2 N–H and O–H groups in total. The maximum Gasteiger partial charge on any atom is 0.408 e. The average Bonchev–Trinajstić information content (AvgIpc) is 3.27. The summed E-state index contributed by atoms with van der Waals surface area (Å²) >= 11 is 0. The lowest BCUT2D eigenvalue weighted by Gasteiger charge is -2.16. The van der Waals surface area contributed by atoms with Crippen molar-refractivity contribution >= 4 is 22.6 Å². The van der Waals surface area contributed by atoms with Crippen LogP contribution < -0.4 is 5.32 Å². The van der Waals surface area contributed by atoms with Gasteiger partial charge in [-0.15, -0.1) is 0 Å². The van der Waals surface area contributed by atoms with Gasteiger partial charge in [0.25, 0.3) is 0 Å². The maximum atomic E-state index is 12.7. The van der Waals surface area contributed by atoms with Crippen molar-refractivity contribution in [2.45, 2.75) is 37.9 Å². The van der Waals surface area contributed by atoms with Crippen LogP contribution in [0, 0.1) is 0 Å². The zero-order valence-corrected chi connectivity index (χ0v) is 14.8. The number of nitrogens with one attached hydrogen (secondary N) is 2. The molecule has 0 bridgehead atoms. The number of nitrogens with zero attached hydrogens (tertiary/aromatic N) is 5. The average molecular weight is 387 g/mol. The Bertz CT molecular complexity index is 1170. The zero-order valence-electron chi connectivity index (χ0n) is 14.8. The van der Waals surface area contributed by atoms with Gasteiger partial charge in [-0.2, -0.15) is 23.3 Å². The first-order chi connectivity index (χ1) is 13.4. The van der Waals surface area contributed by atoms with Gasteiger partial charge < -0.3 is 10.3 Å². The van der Waals surface area contributed by atoms with E-state index < -0.39 is 12.2 Å². The number of fused-ring (bicyclic) bond motifs is 2. The van der Waals surface area contributed by atoms with E-state index in [4.69, 9.17) is 4.98 Å². The quantitative estimate of drug-likeness (QED) is 0.555. The van der Waals surface area contributed by atoms with Crippen LogP contribution in [-0.4, -0.2) is 41.8 Å². The molecule has 1 saturated carbocycles. The van der Waals surface area contributed by atoms with Gasteiger partial charge in [0.05, 0.1) is 11.9 Å². The minimum absolute atomic E-state index is 0.0825. The van der Waals surface area contributed by atoms with Crippen molar-refractivity contribution in [1.29, 1.82) is 0 Å². The first-order valence-electron chi connectivity index (χ1n) is 8.92. The molecular formula is C18H16F3N7. The standard InChI is InChI=1S/C18H16F3N7/c1-9(18(19,20)21)25-17-23-7-13-12(6-22-15(13)27-17)14-4-5-28-16(26-14)11(8-24-28)10-2-3-10/h4-10H,2-3H2,1H3,(H2,22,23,25,27)/t9-/m1/s1. The lowest BCUT2D eigenvalue weighted by atomic mass is 10.1. The van der Waals surface area contributed by atoms with E-state index in [1.54, 1.807) is 10.7 Å². The second-order valence-corrected chi connectivity index (χ2v) is 7.02. The largest absolute Gasteiger partial charge is 0.408 e. The summed E-state index contributed by atoms with van der Waals surface area (Å²) in [7, 11) is 0. The summed E-state index contributed by atoms with van der Waals surface area (Å²) in [6, 6.07) is 0.100. The smallest absolute Gasteiger partial charge is 0.345 e. The van der Waals surface area contributed by atoms with Gasteiger partial charge in [0.1, 0.15) is 11.7 Å². The number of aromatic amines is 1. The van der Waals surface area contributed by atoms with E-state index in [0.717, 1.165) is 42.2 Å². The molecule has 0 saturated heterocycles. The molecule has 5 rings (SSSR count). The van der Waals surface area contributed by atoms with Crippen molar-refractivity contribution in [3.05, 3.63) is 36.4 Å². The van der Waals surface area contributed by atoms with Crippen LogP contribution in [0.15, 0.2) is 30.9 Å². The van der Waals surface area contributed by atoms with Crippen LogP contribution in [0.1, 0.15) is 31.2 Å². The number of anilines is 1. The predicted molar refractivity (Wildman–Crippen MR) is 97.0 cm³/mol. The van der Waals surface area contributed by atoms with Crippen molar-refractivity contribution < 1.29 is 13.2 Å². The molecule has 4 aromatic heterocycles. The molecule has 10 heteroatoms. The monoisotopic (exact) mass is 387 g/mol. The van der Waals surface area contributed by atoms with E-state index in [0.29, 0.717) is 17.0 Å². The highest BCUT2D eigenvalue weighted by molar-refractivity contribution is 5.92. The van der Waals surface area contributed by atoms with Gasteiger partial charge in [-0.1, -0.05) is 0 Å². The van der Waals surface area contributed by atoms with Gasteiger partial charge in [-0.3, -0.25) is 0 Å². The highest BCUT2D eigenvalue weighted by Gasteiger charge is 2.36. The Balaban J connectivity index is 1.51. The molecule has 144 valence electrons. The molecule has 0 spiro atoms. The molecule has 1 fully saturated rings. The van der Waals surface area contributed by atoms with Crippen molar-refractivity contribution in [2.24, 2.45) is 0 Å². The number of hydrogen-bond donors (Lipinski definition) is 2. The van der Waals surface area contributed by atoms with Gasteiger partial charge in [-0.05, 0) is 31.7 Å². The number of halogens is 3. The second kappa shape index (κ2) is 5.91. The van der Waals surface area contributed by atoms with Crippen molar-refractivity contribution in [2.75, 3.05) is 5.32 Å². The molecule has 0 aromatic carbocycles. The molecule has 28 heavy (non-hydrogen) atoms. The first kappa shape index (κ1) is 17.0. The first-order valence-corrected chi connectivity index (χ1v) is 8.92. The Kier molecular flexibility index (Phi) is 3.58. The molecule has 0 amide bonds. The fourth-order valence-electron chi connectivity index (χ4n) is 3.18. The molecule has 0 radical (unpaired) electrons. The number of aromatic nitrogens is 6. The number of rotatable bonds is 4. The maximum absolute atomic E-state index is 12.7. The van der Waals surface area contributed by atoms with Crippen molar-refractivity contribution in [3.8, 4) is 11.3 Å². The van der Waals surface area contributed by atoms with Crippen LogP contribution in [0.2, 0.25) is 0 Å². The highest BCUT2D eigenvalue weighted by atomic mass is 19.4. The van der Waals surface area contributed by atoms with E-state index in [1.807, 2.05) is 18.5 Å². The van der Waals surface area contributed by atoms with Crippen LogP contribution in [0.5, 0.6) is 0 Å². The Morgan fingerprint density at radius 3 is 2.82 bits per heavy atom. The molecule has 4 heterocycles. The van der Waals surface area contributed by atoms with E-state index in [1.165, 1.54) is 6.20 Å². The van der Waals surface area contributed by atoms with Gasteiger partial charge in [-0.25, -0.2) is 14.5 Å². The van der Waals surface area contributed by atoms with Crippen LogP contribution in [0.3, 0.4) is 0 Å². The lowest BCUT2D eigenvalue weighted by molar-refractivity contribution is -0.138. The summed E-state index contributed by atoms with van der Waals surface area (Å²) < 4.78 is 39.9. The fourth-order valence-corrected chi connectivity index (χ4v) is 3.18. The highest BCUT2D eigenvalue weighted by Crippen LogP contribution is 2.41. The van der Waals surface area contributed by atoms with E-state index in [2.05, 4.69) is 25.4 Å². The third kappa shape index (κ3) is 2.85. The van der Waals surface area contributed by atoms with E-state index >= 15 is 0 Å². The Labute approximate surface area is 157 Å². The summed E-state index contributed by atoms with van der Waals surface area (Å²) in [6.45, 7) is 1.02. The van der Waals surface area contributed by atoms with Crippen molar-refractivity contribution in [3.63, 3.8) is 0 Å². The topological polar surface area (TPSA) is 83.8 Å². The number of H-pyrrole nitrogens is 1. The minimum atomic E-state index is -4.37. The summed E-state index contributed by atoms with van der Waals surface area (Å²) in [5.41, 5.74) is 3.93. The van der Waals surface area contributed by atoms with Crippen LogP contribution >= 0.6 is 0 Å². The molecule has 0 aliphatic heterocycles. The SMILES string of the molecule is C[C@@H](Nc1ncc2c(-c3ccn4ncc(C5CC5)c4n3)c[nH]c2n1)C(F)(F)F. The summed E-state index contributed by atoms with van der Waals surface area (Å²) in [5.74, 6) is 0.441. The van der Waals surface area contributed by atoms with Crippen LogP contribution in [-0.2, 0) is 0 Å². The molecule has 0 unspecified atom stereocenters. The Morgan fingerprint density at radius 2 is 2.07 bits per heavy atom. The van der Waals surface area contributed by atoms with Crippen LogP contribution in [0.25, 0.3) is 27.9 Å². The normalized spacial score (nSPS) is 16.0.